The second-order valence-electron chi connectivity index (χ2n) is 26.3. The van der Waals surface area contributed by atoms with Crippen LogP contribution < -0.4 is 28.4 Å². The van der Waals surface area contributed by atoms with Crippen LogP contribution in [0.25, 0.3) is 0 Å². The van der Waals surface area contributed by atoms with E-state index < -0.39 is 35.7 Å². The molecule has 0 aromatic heterocycles. The van der Waals surface area contributed by atoms with Gasteiger partial charge in [-0.25, -0.2) is 33.2 Å². The van der Waals surface area contributed by atoms with Crippen LogP contribution in [0.5, 0.6) is 40.2 Å². The molecule has 3 amide bonds. The zero-order valence-electron chi connectivity index (χ0n) is 68.4. The Bertz CT molecular complexity index is 4370. The summed E-state index contributed by atoms with van der Waals surface area (Å²) in [5.74, 6) is 3.55. The number of carbonyl (C=O) groups excluding carboxylic acids is 8. The summed E-state index contributed by atoms with van der Waals surface area (Å²) in [6.45, 7) is 13.1. The largest absolute Gasteiger partial charge is 0.507 e. The fourth-order valence-electron chi connectivity index (χ4n) is 9.33. The van der Waals surface area contributed by atoms with Gasteiger partial charge in [0.25, 0.3) is 5.91 Å². The molecule has 3 saturated carbocycles. The fraction of sp³-hybridized carbons (Fsp3) is 0.372. The molecule has 3 aliphatic heterocycles. The summed E-state index contributed by atoms with van der Waals surface area (Å²) in [5.41, 5.74) is 3.72. The number of aliphatic hydroxyl groups is 2. The van der Waals surface area contributed by atoms with E-state index in [1.165, 1.54) is 91.9 Å². The van der Waals surface area contributed by atoms with Gasteiger partial charge in [-0.3, -0.25) is 9.59 Å². The molecule has 35 heteroatoms. The van der Waals surface area contributed by atoms with Crippen molar-refractivity contribution in [3.05, 3.63) is 223 Å². The summed E-state index contributed by atoms with van der Waals surface area (Å²) >= 11 is 32.3. The van der Waals surface area contributed by atoms with Crippen molar-refractivity contribution < 1.29 is 120 Å². The van der Waals surface area contributed by atoms with Crippen molar-refractivity contribution in [1.29, 1.82) is 0 Å². The molecule has 6 aliphatic rings. The second-order valence-corrected chi connectivity index (χ2v) is 31.3. The molecule has 0 bridgehead atoms. The summed E-state index contributed by atoms with van der Waals surface area (Å²) in [7, 11) is 10.1. The molecule has 13 rings (SSSR count). The number of carbonyl (C=O) groups is 8. The van der Waals surface area contributed by atoms with E-state index in [2.05, 4.69) is 97.3 Å². The number of thioether (sulfide) groups is 1. The first-order valence-electron chi connectivity index (χ1n) is 37.3. The van der Waals surface area contributed by atoms with Crippen LogP contribution in [0.2, 0.25) is 5.02 Å². The number of phenols is 1. The van der Waals surface area contributed by atoms with Gasteiger partial charge in [-0.05, 0) is 252 Å². The van der Waals surface area contributed by atoms with Gasteiger partial charge in [0.1, 0.15) is 45.8 Å². The highest BCUT2D eigenvalue weighted by Gasteiger charge is 2.51. The Morgan fingerprint density at radius 1 is 0.545 bits per heavy atom. The maximum atomic E-state index is 11.8. The van der Waals surface area contributed by atoms with Gasteiger partial charge >= 0.3 is 41.8 Å². The molecule has 6 fully saturated rings. The molecular weight excluding hydrogens is 1870 g/mol. The van der Waals surface area contributed by atoms with Crippen LogP contribution in [0.3, 0.4) is 0 Å². The van der Waals surface area contributed by atoms with E-state index >= 15 is 0 Å². The topological polar surface area (TPSA) is 333 Å². The number of halogens is 6. The number of amides is 3. The monoisotopic (exact) mass is 1970 g/mol. The predicted octanol–water partition coefficient (Wildman–Crippen LogP) is 19.3. The number of phenolic OH excluding ortho intramolecular Hbond substituents is 1. The van der Waals surface area contributed by atoms with Crippen molar-refractivity contribution in [2.45, 2.75) is 144 Å². The lowest BCUT2D eigenvalue weighted by Crippen LogP contribution is -2.38. The van der Waals surface area contributed by atoms with Crippen molar-refractivity contribution in [2.75, 3.05) is 69.6 Å². The van der Waals surface area contributed by atoms with Crippen molar-refractivity contribution in [2.24, 2.45) is 0 Å². The highest BCUT2D eigenvalue weighted by atomic mass is 79.9. The highest BCUT2D eigenvalue weighted by Crippen LogP contribution is 2.39. The van der Waals surface area contributed by atoms with Crippen molar-refractivity contribution in [3.63, 3.8) is 0 Å². The number of thiol groups is 1. The molecule has 27 nitrogen and oxygen atoms in total. The van der Waals surface area contributed by atoms with Crippen molar-refractivity contribution >= 4 is 155 Å². The summed E-state index contributed by atoms with van der Waals surface area (Å²) in [4.78, 5) is 89.0. The Hall–Kier alpha value is -8.77. The summed E-state index contributed by atoms with van der Waals surface area (Å²) in [6, 6.07) is 40.1. The second kappa shape index (κ2) is 56.1. The minimum atomic E-state index is -1.04. The number of esters is 6. The number of aromatic hydroxyl groups is 1. The van der Waals surface area contributed by atoms with Gasteiger partial charge < -0.3 is 81.6 Å². The third kappa shape index (κ3) is 39.1. The number of imide groups is 1. The maximum Gasteiger partial charge on any atom is 0.357 e. The number of hydrogen-bond acceptors (Lipinski definition) is 27. The van der Waals surface area contributed by atoms with Crippen LogP contribution in [-0.2, 0) is 59.0 Å². The van der Waals surface area contributed by atoms with Crippen molar-refractivity contribution in [3.8, 4) is 40.2 Å². The first kappa shape index (κ1) is 105. The molecule has 121 heavy (non-hydrogen) atoms. The molecule has 3 aliphatic carbocycles. The third-order valence-corrected chi connectivity index (χ3v) is 20.9. The molecule has 658 valence electrons. The normalized spacial score (nSPS) is 15.4. The summed E-state index contributed by atoms with van der Waals surface area (Å²) < 4.78 is 72.6. The van der Waals surface area contributed by atoms with E-state index in [0.717, 1.165) is 138 Å². The zero-order chi connectivity index (χ0) is 89.7. The van der Waals surface area contributed by atoms with Gasteiger partial charge in [0.05, 0.1) is 144 Å². The lowest BCUT2D eigenvalue weighted by atomic mass is 10.1. The van der Waals surface area contributed by atoms with Crippen LogP contribution in [0.1, 0.15) is 154 Å². The molecule has 3 heterocycles. The predicted molar refractivity (Wildman–Crippen MR) is 472 cm³/mol. The van der Waals surface area contributed by atoms with Gasteiger partial charge in [0.15, 0.2) is 6.29 Å². The number of nitrogens with zero attached hydrogens (tertiary/aromatic N) is 2. The minimum Gasteiger partial charge on any atom is -0.507 e. The fourth-order valence-corrected chi connectivity index (χ4v) is 12.5. The Balaban J connectivity index is 0.000000290. The molecular formula is C86H100Br3Cl3N2O25S2. The number of benzene rings is 7. The third-order valence-electron chi connectivity index (χ3n) is 16.4. The van der Waals surface area contributed by atoms with Crippen LogP contribution >= 0.6 is 107 Å². The minimum absolute atomic E-state index is 0.0997. The van der Waals surface area contributed by atoms with Crippen LogP contribution in [0.4, 0.5) is 4.79 Å². The molecule has 7 aromatic carbocycles. The van der Waals surface area contributed by atoms with Crippen molar-refractivity contribution in [1.82, 2.24) is 8.84 Å². The van der Waals surface area contributed by atoms with E-state index in [0.29, 0.717) is 82.6 Å². The van der Waals surface area contributed by atoms with E-state index in [1.54, 1.807) is 86.6 Å². The maximum absolute atomic E-state index is 11.8. The van der Waals surface area contributed by atoms with Gasteiger partial charge in [-0.15, -0.1) is 11.8 Å². The average molecular weight is 1970 g/mol. The number of ether oxygens (including phenoxy) is 14. The molecule has 3 saturated heterocycles. The Kier molecular flexibility index (Phi) is 48.5. The smallest absolute Gasteiger partial charge is 0.357 e. The standard InChI is InChI=1S/C19H20O4S.C11H11BrO3.C11H11ClO3.C10H9BrO3.C8H7BrO3.C8H10OS.C6H12O2.C5H6Cl2N2O2.C4H8O2.C4H6O2/c1-21-15-6-3-13(4-7-15)12-24-18-11-14(19(20)22-2)5-10-17(18)23-16-8-9-16;2*1-14-11(13)7-2-5-10(9(12)6-7)15-8-3-4-8;1-3-14-9-5-4-7(6-8(9)11)10(12)13-2;1-12-8(11)5-2-3-7(10)6(9)4-5;1-9-8-4-2-7(6-10)3-5-8;7-6-3-1-2-4-8-5-6;1-5(2)3(10)8(6)4(11)9(5)7;5-4-2-1-3-6-4;1-3-6-4(2)5/h3-7,10-11,16H,8-9,12H2,1-2H3;2*2,5-6,8H,3-4H2,1H3;3-6H,1H2,2H3;2-4,10H,1H3;2-5,10H,6H2,1H3;6-7H,1-5H2;1-2H3;4-5H,1-3H2;3H,1H2,2H3. The summed E-state index contributed by atoms with van der Waals surface area (Å²) in [6.07, 6.45) is 14.3. The summed E-state index contributed by atoms with van der Waals surface area (Å²) in [5, 5.41) is 27.0. The average Bonchev–Trinajstić information content (AvgIpc) is 1.63. The molecule has 3 N–H and O–H groups in total. The van der Waals surface area contributed by atoms with E-state index in [9.17, 15) is 38.4 Å². The quantitative estimate of drug-likeness (QED) is 0.0105. The SMILES string of the molecule is C=COC(C)=O.C=COc1ccc(C(=O)OC)cc1Br.CC1(C)C(=O)N(Cl)C(=O)N1Cl.COC(=O)c1ccc(O)c(Br)c1.COC(=O)c1ccc(OC2CC2)c(Br)c1.COC(=O)c1ccc(OC2CC2)c(Cl)c1.COC(=O)c1ccc(OC2CC2)c(SCc2ccc(OC)cc2)c1.COc1ccc(CS)cc1.OC1CCCCOC1.OC1CCCO1. The van der Waals surface area contributed by atoms with Gasteiger partial charge in [-0.2, -0.15) is 17.0 Å². The molecule has 2 unspecified atom stereocenters. The Morgan fingerprint density at radius 3 is 1.33 bits per heavy atom. The van der Waals surface area contributed by atoms with Crippen LogP contribution in [-0.4, -0.2) is 178 Å². The van der Waals surface area contributed by atoms with Gasteiger partial charge in [0.2, 0.25) is 0 Å². The number of aliphatic hydroxyl groups excluding tert-OH is 2. The van der Waals surface area contributed by atoms with Gasteiger partial charge in [-0.1, -0.05) is 49.0 Å². The zero-order valence-corrected chi connectivity index (χ0v) is 77.1. The molecule has 0 radical (unpaired) electrons. The van der Waals surface area contributed by atoms with Gasteiger partial charge in [0, 0.05) is 61.6 Å². The lowest BCUT2D eigenvalue weighted by molar-refractivity contribution is -0.135. The van der Waals surface area contributed by atoms with E-state index in [-0.39, 0.29) is 35.7 Å². The number of urea groups is 1. The lowest BCUT2D eigenvalue weighted by Gasteiger charge is -2.18. The van der Waals surface area contributed by atoms with Crippen LogP contribution in [0, 0.1) is 0 Å². The number of rotatable bonds is 20. The van der Waals surface area contributed by atoms with Crippen LogP contribution in [0.15, 0.2) is 184 Å². The Morgan fingerprint density at radius 2 is 0.975 bits per heavy atom. The number of hydrogen-bond donors (Lipinski definition) is 4. The number of methoxy groups -OCH3 is 7. The van der Waals surface area contributed by atoms with E-state index in [1.807, 2.05) is 60.7 Å². The molecule has 2 atom stereocenters. The highest BCUT2D eigenvalue weighted by molar-refractivity contribution is 9.11. The first-order valence-corrected chi connectivity index (χ1v) is 42.3. The van der Waals surface area contributed by atoms with E-state index in [4.69, 9.17) is 93.1 Å². The first-order chi connectivity index (χ1) is 57.7. The Labute approximate surface area is 754 Å². The molecule has 7 aromatic rings. The molecule has 0 spiro atoms.